The number of hydrogen-bond acceptors (Lipinski definition) is 1. The number of carboxylic acid groups (broad SMARTS) is 1. The van der Waals surface area contributed by atoms with E-state index in [1.807, 2.05) is 0 Å². The highest BCUT2D eigenvalue weighted by molar-refractivity contribution is 5.66. The number of rotatable bonds is 5. The van der Waals surface area contributed by atoms with Crippen LogP contribution < -0.4 is 0 Å². The molecular formula is C30H48O2. The van der Waals surface area contributed by atoms with Crippen molar-refractivity contribution in [3.05, 3.63) is 23.8 Å². The summed E-state index contributed by atoms with van der Waals surface area (Å²) in [4.78, 5) is 11.6. The topological polar surface area (TPSA) is 37.3 Å². The van der Waals surface area contributed by atoms with Crippen molar-refractivity contribution in [2.45, 2.75) is 106 Å². The van der Waals surface area contributed by atoms with E-state index < -0.39 is 5.97 Å². The summed E-state index contributed by atoms with van der Waals surface area (Å²) in [6.45, 7) is 21.7. The molecule has 0 saturated heterocycles. The van der Waals surface area contributed by atoms with Crippen LogP contribution in [0.2, 0.25) is 0 Å². The summed E-state index contributed by atoms with van der Waals surface area (Å²) in [6.07, 6.45) is 12.7. The Labute approximate surface area is 197 Å². The van der Waals surface area contributed by atoms with Gasteiger partial charge in [-0.05, 0) is 110 Å². The van der Waals surface area contributed by atoms with Gasteiger partial charge in [0.1, 0.15) is 0 Å². The molecule has 2 heteroatoms. The van der Waals surface area contributed by atoms with Crippen LogP contribution >= 0.6 is 0 Å². The van der Waals surface area contributed by atoms with E-state index in [2.05, 4.69) is 61.1 Å². The normalized spacial score (nSPS) is 47.9. The number of aliphatic carboxylic acids is 1. The van der Waals surface area contributed by atoms with E-state index in [0.717, 1.165) is 30.6 Å². The summed E-state index contributed by atoms with van der Waals surface area (Å²) in [6, 6.07) is 0. The summed E-state index contributed by atoms with van der Waals surface area (Å²) in [7, 11) is 0. The molecular weight excluding hydrogens is 392 g/mol. The zero-order valence-corrected chi connectivity index (χ0v) is 21.9. The van der Waals surface area contributed by atoms with Gasteiger partial charge in [-0.1, -0.05) is 65.3 Å². The predicted molar refractivity (Wildman–Crippen MR) is 133 cm³/mol. The van der Waals surface area contributed by atoms with Gasteiger partial charge < -0.3 is 5.11 Å². The van der Waals surface area contributed by atoms with Crippen LogP contribution in [0, 0.1) is 51.2 Å². The van der Waals surface area contributed by atoms with Gasteiger partial charge in [0.05, 0.1) is 0 Å². The molecule has 2 nitrogen and oxygen atoms in total. The van der Waals surface area contributed by atoms with Gasteiger partial charge in [0, 0.05) is 6.42 Å². The highest BCUT2D eigenvalue weighted by Gasteiger charge is 2.67. The smallest absolute Gasteiger partial charge is 0.303 e. The van der Waals surface area contributed by atoms with Gasteiger partial charge in [0.25, 0.3) is 0 Å². The molecule has 180 valence electrons. The average molecular weight is 441 g/mol. The predicted octanol–water partition coefficient (Wildman–Crippen LogP) is 8.28. The Balaban J connectivity index is 1.76. The summed E-state index contributed by atoms with van der Waals surface area (Å²) in [5.74, 6) is 2.78. The van der Waals surface area contributed by atoms with E-state index in [1.54, 1.807) is 5.57 Å². The SMILES string of the molecule is C=C(C)[C@@H]1CC[C@@H]2C(=CC[C@@]3(C)[C@@H]4CC[C@H](C(C)C)[C@@]4(C)CC[C@]23C)[C@@]1(C)CCC(=O)O. The molecule has 0 heterocycles. The van der Waals surface area contributed by atoms with Gasteiger partial charge in [-0.2, -0.15) is 0 Å². The van der Waals surface area contributed by atoms with Crippen molar-refractivity contribution in [2.24, 2.45) is 51.2 Å². The molecule has 0 aliphatic heterocycles. The van der Waals surface area contributed by atoms with Crippen LogP contribution in [0.15, 0.2) is 23.8 Å². The number of carboxylic acids is 1. The van der Waals surface area contributed by atoms with Crippen LogP contribution in [0.1, 0.15) is 106 Å². The third-order valence-electron chi connectivity index (χ3n) is 12.0. The lowest BCUT2D eigenvalue weighted by atomic mass is 9.37. The first kappa shape index (κ1) is 24.1. The van der Waals surface area contributed by atoms with E-state index in [9.17, 15) is 9.90 Å². The Kier molecular flexibility index (Phi) is 5.83. The minimum Gasteiger partial charge on any atom is -0.481 e. The zero-order chi connectivity index (χ0) is 23.7. The largest absolute Gasteiger partial charge is 0.481 e. The van der Waals surface area contributed by atoms with E-state index in [4.69, 9.17) is 0 Å². The zero-order valence-electron chi connectivity index (χ0n) is 21.9. The van der Waals surface area contributed by atoms with Crippen molar-refractivity contribution in [2.75, 3.05) is 0 Å². The standard InChI is InChI=1S/C30H48O2/c1-19(2)21-9-10-24-23(27(21,5)15-14-26(31)32)13-16-30(8)25-12-11-22(20(3)4)28(25,6)17-18-29(24,30)7/h13,20-22,24-25H,1,9-12,14-18H2,2-8H3,(H,31,32)/t21-,22+,24+,25+,27-,28+,29+,30-/m0/s1. The number of hydrogen-bond donors (Lipinski definition) is 1. The molecule has 0 unspecified atom stereocenters. The molecule has 0 spiro atoms. The van der Waals surface area contributed by atoms with Crippen LogP contribution in [-0.2, 0) is 4.79 Å². The third-order valence-corrected chi connectivity index (χ3v) is 12.0. The van der Waals surface area contributed by atoms with Crippen LogP contribution in [0.5, 0.6) is 0 Å². The first-order valence-corrected chi connectivity index (χ1v) is 13.4. The van der Waals surface area contributed by atoms with Gasteiger partial charge in [0.15, 0.2) is 0 Å². The van der Waals surface area contributed by atoms with Crippen molar-refractivity contribution < 1.29 is 9.90 Å². The summed E-state index contributed by atoms with van der Waals surface area (Å²) in [5, 5.41) is 9.52. The van der Waals surface area contributed by atoms with E-state index >= 15 is 0 Å². The van der Waals surface area contributed by atoms with Crippen LogP contribution in [-0.4, -0.2) is 11.1 Å². The molecule has 3 fully saturated rings. The second kappa shape index (κ2) is 7.74. The Morgan fingerprint density at radius 2 is 1.78 bits per heavy atom. The maximum atomic E-state index is 11.6. The Bertz CT molecular complexity index is 823. The van der Waals surface area contributed by atoms with Gasteiger partial charge in [-0.15, -0.1) is 0 Å². The highest BCUT2D eigenvalue weighted by atomic mass is 16.4. The van der Waals surface area contributed by atoms with Crippen LogP contribution in [0.25, 0.3) is 0 Å². The molecule has 4 aliphatic carbocycles. The Morgan fingerprint density at radius 3 is 2.38 bits per heavy atom. The molecule has 4 rings (SSSR count). The molecule has 3 saturated carbocycles. The highest BCUT2D eigenvalue weighted by Crippen LogP contribution is 2.75. The fourth-order valence-corrected chi connectivity index (χ4v) is 10.2. The van der Waals surface area contributed by atoms with Gasteiger partial charge >= 0.3 is 5.97 Å². The lowest BCUT2D eigenvalue weighted by molar-refractivity contribution is -0.150. The van der Waals surface area contributed by atoms with E-state index in [1.165, 1.54) is 44.1 Å². The van der Waals surface area contributed by atoms with E-state index in [-0.39, 0.29) is 11.8 Å². The molecule has 0 aromatic heterocycles. The van der Waals surface area contributed by atoms with Crippen molar-refractivity contribution >= 4 is 5.97 Å². The molecule has 1 N–H and O–H groups in total. The maximum absolute atomic E-state index is 11.6. The van der Waals surface area contributed by atoms with Gasteiger partial charge in [-0.3, -0.25) is 4.79 Å². The van der Waals surface area contributed by atoms with Gasteiger partial charge in [-0.25, -0.2) is 0 Å². The molecule has 0 bridgehead atoms. The minimum atomic E-state index is -0.666. The summed E-state index contributed by atoms with van der Waals surface area (Å²) >= 11 is 0. The van der Waals surface area contributed by atoms with Crippen LogP contribution in [0.3, 0.4) is 0 Å². The van der Waals surface area contributed by atoms with Crippen LogP contribution in [0.4, 0.5) is 0 Å². The molecule has 32 heavy (non-hydrogen) atoms. The monoisotopic (exact) mass is 440 g/mol. The molecule has 8 atom stereocenters. The summed E-state index contributed by atoms with van der Waals surface area (Å²) in [5.41, 5.74) is 3.92. The van der Waals surface area contributed by atoms with E-state index in [0.29, 0.717) is 28.1 Å². The lowest BCUT2D eigenvalue weighted by Crippen LogP contribution is -2.60. The lowest BCUT2D eigenvalue weighted by Gasteiger charge is -2.67. The molecule has 0 radical (unpaired) electrons. The molecule has 4 aliphatic rings. The fraction of sp³-hybridized carbons (Fsp3) is 0.833. The van der Waals surface area contributed by atoms with Gasteiger partial charge in [0.2, 0.25) is 0 Å². The average Bonchev–Trinajstić information content (AvgIpc) is 3.06. The summed E-state index contributed by atoms with van der Waals surface area (Å²) < 4.78 is 0. The fourth-order valence-electron chi connectivity index (χ4n) is 10.2. The van der Waals surface area contributed by atoms with Crippen molar-refractivity contribution in [3.63, 3.8) is 0 Å². The minimum absolute atomic E-state index is 0.0611. The Morgan fingerprint density at radius 1 is 1.09 bits per heavy atom. The first-order chi connectivity index (χ1) is 14.8. The van der Waals surface area contributed by atoms with Crippen molar-refractivity contribution in [1.29, 1.82) is 0 Å². The third kappa shape index (κ3) is 3.13. The van der Waals surface area contributed by atoms with Crippen molar-refractivity contribution in [3.8, 4) is 0 Å². The number of allylic oxidation sites excluding steroid dienone is 3. The molecule has 0 aromatic carbocycles. The van der Waals surface area contributed by atoms with Crippen molar-refractivity contribution in [1.82, 2.24) is 0 Å². The number of carbonyl (C=O) groups is 1. The second-order valence-electron chi connectivity index (χ2n) is 13.5. The Hall–Kier alpha value is -1.05. The first-order valence-electron chi connectivity index (χ1n) is 13.4. The quantitative estimate of drug-likeness (QED) is 0.437. The number of fused-ring (bicyclic) bond motifs is 5. The second-order valence-corrected chi connectivity index (χ2v) is 13.5. The maximum Gasteiger partial charge on any atom is 0.303 e. The molecule has 0 amide bonds. The molecule has 0 aromatic rings.